The van der Waals surface area contributed by atoms with Gasteiger partial charge in [-0.1, -0.05) is 30.7 Å². The number of halogens is 3. The van der Waals surface area contributed by atoms with Crippen LogP contribution in [0.25, 0.3) is 0 Å². The number of aryl methyl sites for hydroxylation is 1. The SMILES string of the molecule is CCc1cccc(Cl)c1.O=C(O)C1CC1(Cl)Cl. The Balaban J connectivity index is 0.000000171. The van der Waals surface area contributed by atoms with Gasteiger partial charge in [0.1, 0.15) is 4.33 Å². The topological polar surface area (TPSA) is 37.3 Å². The summed E-state index contributed by atoms with van der Waals surface area (Å²) >= 11 is 16.5. The molecule has 1 unspecified atom stereocenters. The van der Waals surface area contributed by atoms with Crippen molar-refractivity contribution in [2.24, 2.45) is 5.92 Å². The normalized spacial score (nSPS) is 20.1. The Morgan fingerprint density at radius 2 is 2.12 bits per heavy atom. The summed E-state index contributed by atoms with van der Waals surface area (Å²) in [5.74, 6) is -1.44. The van der Waals surface area contributed by atoms with Gasteiger partial charge in [-0.15, -0.1) is 23.2 Å². The minimum Gasteiger partial charge on any atom is -0.481 e. The maximum Gasteiger partial charge on any atom is 0.309 e. The number of carbonyl (C=O) groups is 1. The number of rotatable bonds is 2. The van der Waals surface area contributed by atoms with E-state index < -0.39 is 16.2 Å². The first-order chi connectivity index (χ1) is 7.86. The first kappa shape index (κ1) is 14.6. The van der Waals surface area contributed by atoms with Gasteiger partial charge in [-0.05, 0) is 30.5 Å². The van der Waals surface area contributed by atoms with Crippen LogP contribution in [0.15, 0.2) is 24.3 Å². The third-order valence-corrected chi connectivity index (χ3v) is 3.49. The number of aliphatic carboxylic acids is 1. The smallest absolute Gasteiger partial charge is 0.309 e. The maximum atomic E-state index is 10.0. The number of benzene rings is 1. The van der Waals surface area contributed by atoms with Crippen molar-refractivity contribution in [3.8, 4) is 0 Å². The van der Waals surface area contributed by atoms with E-state index in [9.17, 15) is 4.79 Å². The molecule has 0 spiro atoms. The zero-order valence-corrected chi connectivity index (χ0v) is 11.6. The molecule has 0 heterocycles. The van der Waals surface area contributed by atoms with Crippen LogP contribution in [0.5, 0.6) is 0 Å². The molecule has 94 valence electrons. The fourth-order valence-electron chi connectivity index (χ4n) is 1.24. The van der Waals surface area contributed by atoms with E-state index in [2.05, 4.69) is 13.0 Å². The second-order valence-corrected chi connectivity index (χ2v) is 5.82. The summed E-state index contributed by atoms with van der Waals surface area (Å²) in [7, 11) is 0. The summed E-state index contributed by atoms with van der Waals surface area (Å²) in [6.07, 6.45) is 1.44. The molecule has 2 nitrogen and oxygen atoms in total. The second-order valence-electron chi connectivity index (χ2n) is 3.84. The largest absolute Gasteiger partial charge is 0.481 e. The van der Waals surface area contributed by atoms with Crippen molar-refractivity contribution < 1.29 is 9.90 Å². The third kappa shape index (κ3) is 4.74. The molecule has 1 aromatic rings. The van der Waals surface area contributed by atoms with E-state index in [1.807, 2.05) is 18.2 Å². The van der Waals surface area contributed by atoms with Crippen LogP contribution in [0.3, 0.4) is 0 Å². The lowest BCUT2D eigenvalue weighted by Crippen LogP contribution is -2.03. The Morgan fingerprint density at radius 3 is 2.35 bits per heavy atom. The molecule has 17 heavy (non-hydrogen) atoms. The molecule has 0 aromatic heterocycles. The van der Waals surface area contributed by atoms with Gasteiger partial charge in [0.25, 0.3) is 0 Å². The van der Waals surface area contributed by atoms with Crippen LogP contribution in [-0.4, -0.2) is 15.4 Å². The Morgan fingerprint density at radius 1 is 1.53 bits per heavy atom. The quantitative estimate of drug-likeness (QED) is 0.832. The summed E-state index contributed by atoms with van der Waals surface area (Å²) in [6.45, 7) is 2.12. The predicted octanol–water partition coefficient (Wildman–Crippen LogP) is 4.17. The highest BCUT2D eigenvalue weighted by Gasteiger charge is 2.56. The van der Waals surface area contributed by atoms with Crippen molar-refractivity contribution in [2.75, 3.05) is 0 Å². The highest BCUT2D eigenvalue weighted by molar-refractivity contribution is 6.52. The average Bonchev–Trinajstić information content (AvgIpc) is 2.89. The van der Waals surface area contributed by atoms with E-state index in [-0.39, 0.29) is 0 Å². The standard InChI is InChI=1S/C8H9Cl.C4H4Cl2O2/c1-2-7-4-3-5-8(9)6-7;5-4(6)1-2(4)3(7)8/h3-6H,2H2,1H3;2H,1H2,(H,7,8). The lowest BCUT2D eigenvalue weighted by atomic mass is 10.2. The van der Waals surface area contributed by atoms with Crippen LogP contribution in [0.2, 0.25) is 5.02 Å². The molecule has 1 aromatic carbocycles. The average molecular weight is 296 g/mol. The van der Waals surface area contributed by atoms with Gasteiger partial charge in [0.15, 0.2) is 0 Å². The Bertz CT molecular complexity index is 404. The Kier molecular flexibility index (Phi) is 5.11. The molecule has 0 radical (unpaired) electrons. The Hall–Kier alpha value is -0.440. The van der Waals surface area contributed by atoms with E-state index in [0.717, 1.165) is 11.4 Å². The minimum absolute atomic E-state index is 0.380. The highest BCUT2D eigenvalue weighted by Crippen LogP contribution is 2.53. The highest BCUT2D eigenvalue weighted by atomic mass is 35.5. The van der Waals surface area contributed by atoms with Crippen LogP contribution < -0.4 is 0 Å². The molecular formula is C12H13Cl3O2. The van der Waals surface area contributed by atoms with Gasteiger partial charge in [0, 0.05) is 5.02 Å². The lowest BCUT2D eigenvalue weighted by Gasteiger charge is -1.93. The van der Waals surface area contributed by atoms with Gasteiger partial charge in [-0.2, -0.15) is 0 Å². The number of hydrogen-bond donors (Lipinski definition) is 1. The maximum absolute atomic E-state index is 10.0. The van der Waals surface area contributed by atoms with Gasteiger partial charge in [0.05, 0.1) is 5.92 Å². The van der Waals surface area contributed by atoms with Gasteiger partial charge < -0.3 is 5.11 Å². The molecule has 1 atom stereocenters. The second kappa shape index (κ2) is 5.94. The molecule has 0 saturated heterocycles. The van der Waals surface area contributed by atoms with Crippen molar-refractivity contribution in [1.82, 2.24) is 0 Å². The molecule has 5 heteroatoms. The van der Waals surface area contributed by atoms with Gasteiger partial charge in [0.2, 0.25) is 0 Å². The third-order valence-electron chi connectivity index (χ3n) is 2.42. The molecule has 0 bridgehead atoms. The molecule has 0 aliphatic heterocycles. The molecular weight excluding hydrogens is 282 g/mol. The van der Waals surface area contributed by atoms with Crippen LogP contribution in [0.4, 0.5) is 0 Å². The van der Waals surface area contributed by atoms with Crippen LogP contribution >= 0.6 is 34.8 Å². The monoisotopic (exact) mass is 294 g/mol. The van der Waals surface area contributed by atoms with Gasteiger partial charge in [-0.3, -0.25) is 4.79 Å². The number of carboxylic acids is 1. The first-order valence-corrected chi connectivity index (χ1v) is 6.35. The van der Waals surface area contributed by atoms with E-state index in [1.54, 1.807) is 0 Å². The Labute approximate surface area is 115 Å². The van der Waals surface area contributed by atoms with E-state index in [0.29, 0.717) is 6.42 Å². The van der Waals surface area contributed by atoms with Crippen molar-refractivity contribution in [3.63, 3.8) is 0 Å². The molecule has 1 aliphatic rings. The van der Waals surface area contributed by atoms with Crippen molar-refractivity contribution in [2.45, 2.75) is 24.1 Å². The first-order valence-electron chi connectivity index (χ1n) is 5.22. The number of alkyl halides is 2. The van der Waals surface area contributed by atoms with E-state index in [4.69, 9.17) is 39.9 Å². The molecule has 1 N–H and O–H groups in total. The molecule has 2 rings (SSSR count). The fourth-order valence-corrected chi connectivity index (χ4v) is 1.95. The van der Waals surface area contributed by atoms with Gasteiger partial charge in [-0.25, -0.2) is 0 Å². The number of hydrogen-bond acceptors (Lipinski definition) is 1. The molecule has 0 amide bonds. The zero-order chi connectivity index (χ0) is 13.1. The number of carboxylic acid groups (broad SMARTS) is 1. The van der Waals surface area contributed by atoms with Crippen LogP contribution in [-0.2, 0) is 11.2 Å². The van der Waals surface area contributed by atoms with Crippen LogP contribution in [0, 0.1) is 5.92 Å². The van der Waals surface area contributed by atoms with Crippen LogP contribution in [0.1, 0.15) is 18.9 Å². The van der Waals surface area contributed by atoms with Crippen molar-refractivity contribution in [1.29, 1.82) is 0 Å². The fraction of sp³-hybridized carbons (Fsp3) is 0.417. The molecule has 1 aliphatic carbocycles. The molecule has 1 saturated carbocycles. The summed E-state index contributed by atoms with van der Waals surface area (Å²) in [5.41, 5.74) is 1.29. The van der Waals surface area contributed by atoms with Crippen molar-refractivity contribution in [3.05, 3.63) is 34.9 Å². The summed E-state index contributed by atoms with van der Waals surface area (Å²) in [6, 6.07) is 7.93. The van der Waals surface area contributed by atoms with Crippen molar-refractivity contribution >= 4 is 40.8 Å². The summed E-state index contributed by atoms with van der Waals surface area (Å²) in [4.78, 5) is 10.0. The van der Waals surface area contributed by atoms with E-state index in [1.165, 1.54) is 5.56 Å². The minimum atomic E-state index is -0.966. The lowest BCUT2D eigenvalue weighted by molar-refractivity contribution is -0.138. The van der Waals surface area contributed by atoms with E-state index >= 15 is 0 Å². The zero-order valence-electron chi connectivity index (χ0n) is 9.29. The summed E-state index contributed by atoms with van der Waals surface area (Å²) in [5, 5.41) is 9.05. The van der Waals surface area contributed by atoms with Gasteiger partial charge >= 0.3 is 5.97 Å². The molecule has 1 fully saturated rings. The summed E-state index contributed by atoms with van der Waals surface area (Å²) < 4.78 is -0.966. The predicted molar refractivity (Wildman–Crippen MR) is 71.0 cm³/mol.